The second kappa shape index (κ2) is 3.92. The zero-order chi connectivity index (χ0) is 9.97. The van der Waals surface area contributed by atoms with Gasteiger partial charge in [0.2, 0.25) is 6.29 Å². The van der Waals surface area contributed by atoms with Crippen LogP contribution >= 0.6 is 0 Å². The molecule has 1 N–H and O–H groups in total. The molecule has 0 saturated carbocycles. The molecular weight excluding hydrogens is 180 g/mol. The SMILES string of the molecule is Cc1ccccc1C1C=CC(OO)O1. The Kier molecular flexibility index (Phi) is 2.63. The van der Waals surface area contributed by atoms with Gasteiger partial charge in [0, 0.05) is 0 Å². The molecule has 2 unspecified atom stereocenters. The standard InChI is InChI=1S/C11H12O3/c1-8-4-2-3-5-9(8)10-6-7-11(13-10)14-12/h2-7,10-12H,1H3. The average molecular weight is 192 g/mol. The van der Waals surface area contributed by atoms with Gasteiger partial charge in [-0.1, -0.05) is 30.3 Å². The van der Waals surface area contributed by atoms with E-state index in [1.807, 2.05) is 37.3 Å². The van der Waals surface area contributed by atoms with Crippen molar-refractivity contribution in [1.82, 2.24) is 0 Å². The van der Waals surface area contributed by atoms with Crippen LogP contribution in [0.1, 0.15) is 17.2 Å². The van der Waals surface area contributed by atoms with Crippen LogP contribution in [0.5, 0.6) is 0 Å². The molecule has 3 heteroatoms. The molecule has 1 aliphatic heterocycles. The first-order valence-corrected chi connectivity index (χ1v) is 4.51. The average Bonchev–Trinajstić information content (AvgIpc) is 2.67. The maximum absolute atomic E-state index is 8.42. The molecule has 0 aliphatic carbocycles. The third-order valence-corrected chi connectivity index (χ3v) is 2.32. The Morgan fingerprint density at radius 1 is 1.29 bits per heavy atom. The van der Waals surface area contributed by atoms with Crippen molar-refractivity contribution in [1.29, 1.82) is 0 Å². The van der Waals surface area contributed by atoms with Crippen molar-refractivity contribution in [3.63, 3.8) is 0 Å². The maximum atomic E-state index is 8.42. The van der Waals surface area contributed by atoms with Crippen molar-refractivity contribution in [3.8, 4) is 0 Å². The third kappa shape index (κ3) is 1.70. The van der Waals surface area contributed by atoms with Gasteiger partial charge in [0.25, 0.3) is 0 Å². The van der Waals surface area contributed by atoms with E-state index in [0.29, 0.717) is 0 Å². The van der Waals surface area contributed by atoms with Crippen molar-refractivity contribution in [2.45, 2.75) is 19.3 Å². The first kappa shape index (κ1) is 9.40. The number of rotatable bonds is 2. The van der Waals surface area contributed by atoms with E-state index >= 15 is 0 Å². The molecule has 0 saturated heterocycles. The summed E-state index contributed by atoms with van der Waals surface area (Å²) in [4.78, 5) is 4.09. The number of ether oxygens (including phenoxy) is 1. The molecule has 14 heavy (non-hydrogen) atoms. The normalized spacial score (nSPS) is 25.6. The van der Waals surface area contributed by atoms with Crippen LogP contribution in [0.25, 0.3) is 0 Å². The predicted molar refractivity (Wildman–Crippen MR) is 51.6 cm³/mol. The van der Waals surface area contributed by atoms with Crippen LogP contribution in [0, 0.1) is 6.92 Å². The quantitative estimate of drug-likeness (QED) is 0.444. The summed E-state index contributed by atoms with van der Waals surface area (Å²) in [7, 11) is 0. The first-order valence-electron chi connectivity index (χ1n) is 4.51. The van der Waals surface area contributed by atoms with Crippen LogP contribution in [0.4, 0.5) is 0 Å². The zero-order valence-corrected chi connectivity index (χ0v) is 7.88. The van der Waals surface area contributed by atoms with Gasteiger partial charge in [0.05, 0.1) is 0 Å². The van der Waals surface area contributed by atoms with E-state index in [2.05, 4.69) is 4.89 Å². The molecular formula is C11H12O3. The second-order valence-electron chi connectivity index (χ2n) is 3.27. The lowest BCUT2D eigenvalue weighted by atomic mass is 10.0. The van der Waals surface area contributed by atoms with Gasteiger partial charge in [-0.05, 0) is 24.1 Å². The fourth-order valence-electron chi connectivity index (χ4n) is 1.57. The van der Waals surface area contributed by atoms with Crippen LogP contribution in [0.2, 0.25) is 0 Å². The molecule has 2 atom stereocenters. The zero-order valence-electron chi connectivity index (χ0n) is 7.88. The monoisotopic (exact) mass is 192 g/mol. The molecule has 0 amide bonds. The van der Waals surface area contributed by atoms with E-state index < -0.39 is 6.29 Å². The van der Waals surface area contributed by atoms with Gasteiger partial charge in [-0.15, -0.1) is 0 Å². The Morgan fingerprint density at radius 2 is 2.07 bits per heavy atom. The van der Waals surface area contributed by atoms with Crippen molar-refractivity contribution in [2.24, 2.45) is 0 Å². The van der Waals surface area contributed by atoms with Crippen molar-refractivity contribution in [2.75, 3.05) is 0 Å². The van der Waals surface area contributed by atoms with Gasteiger partial charge < -0.3 is 4.74 Å². The minimum absolute atomic E-state index is 0.117. The first-order chi connectivity index (χ1) is 6.81. The molecule has 1 aromatic carbocycles. The molecule has 0 radical (unpaired) electrons. The van der Waals surface area contributed by atoms with Gasteiger partial charge >= 0.3 is 0 Å². The second-order valence-corrected chi connectivity index (χ2v) is 3.27. The molecule has 1 aromatic rings. The van der Waals surface area contributed by atoms with Crippen LogP contribution in [-0.2, 0) is 9.62 Å². The predicted octanol–water partition coefficient (Wildman–Crippen LogP) is 2.44. The van der Waals surface area contributed by atoms with E-state index in [0.717, 1.165) is 5.56 Å². The van der Waals surface area contributed by atoms with Gasteiger partial charge in [-0.3, -0.25) is 0 Å². The smallest absolute Gasteiger partial charge is 0.211 e. The highest BCUT2D eigenvalue weighted by Crippen LogP contribution is 2.28. The van der Waals surface area contributed by atoms with Gasteiger partial charge in [-0.2, -0.15) is 0 Å². The van der Waals surface area contributed by atoms with Crippen LogP contribution in [0.3, 0.4) is 0 Å². The summed E-state index contributed by atoms with van der Waals surface area (Å²) < 4.78 is 5.39. The van der Waals surface area contributed by atoms with Gasteiger partial charge in [0.1, 0.15) is 6.10 Å². The van der Waals surface area contributed by atoms with Crippen LogP contribution in [0.15, 0.2) is 36.4 Å². The Balaban J connectivity index is 2.18. The molecule has 0 bridgehead atoms. The number of benzene rings is 1. The fourth-order valence-corrected chi connectivity index (χ4v) is 1.57. The summed E-state index contributed by atoms with van der Waals surface area (Å²) in [5, 5.41) is 8.42. The lowest BCUT2D eigenvalue weighted by molar-refractivity contribution is -0.330. The summed E-state index contributed by atoms with van der Waals surface area (Å²) in [5.41, 5.74) is 2.27. The summed E-state index contributed by atoms with van der Waals surface area (Å²) in [6, 6.07) is 7.98. The number of hydrogen-bond donors (Lipinski definition) is 1. The molecule has 0 aromatic heterocycles. The van der Waals surface area contributed by atoms with E-state index in [1.165, 1.54) is 5.56 Å². The lowest BCUT2D eigenvalue weighted by Crippen LogP contribution is -2.09. The molecule has 3 nitrogen and oxygen atoms in total. The number of aryl methyl sites for hydroxylation is 1. The summed E-state index contributed by atoms with van der Waals surface area (Å²) in [5.74, 6) is 0. The summed E-state index contributed by atoms with van der Waals surface area (Å²) >= 11 is 0. The van der Waals surface area contributed by atoms with E-state index in [4.69, 9.17) is 9.99 Å². The van der Waals surface area contributed by atoms with Gasteiger partial charge in [-0.25, -0.2) is 10.1 Å². The minimum Gasteiger partial charge on any atom is -0.334 e. The molecule has 0 spiro atoms. The van der Waals surface area contributed by atoms with E-state index in [-0.39, 0.29) is 6.10 Å². The maximum Gasteiger partial charge on any atom is 0.211 e. The summed E-state index contributed by atoms with van der Waals surface area (Å²) in [6.45, 7) is 2.03. The highest BCUT2D eigenvalue weighted by molar-refractivity contribution is 5.31. The van der Waals surface area contributed by atoms with Crippen molar-refractivity contribution < 1.29 is 14.9 Å². The number of hydrogen-bond acceptors (Lipinski definition) is 3. The van der Waals surface area contributed by atoms with Gasteiger partial charge in [0.15, 0.2) is 0 Å². The third-order valence-electron chi connectivity index (χ3n) is 2.32. The molecule has 0 fully saturated rings. The fraction of sp³-hybridized carbons (Fsp3) is 0.273. The summed E-state index contributed by atoms with van der Waals surface area (Å²) in [6.07, 6.45) is 2.81. The lowest BCUT2D eigenvalue weighted by Gasteiger charge is -2.13. The highest BCUT2D eigenvalue weighted by atomic mass is 17.1. The largest absolute Gasteiger partial charge is 0.334 e. The molecule has 1 aliphatic rings. The van der Waals surface area contributed by atoms with Crippen molar-refractivity contribution >= 4 is 0 Å². The molecule has 1 heterocycles. The minimum atomic E-state index is -0.639. The topological polar surface area (TPSA) is 38.7 Å². The Bertz CT molecular complexity index is 346. The van der Waals surface area contributed by atoms with E-state index in [1.54, 1.807) is 6.08 Å². The van der Waals surface area contributed by atoms with Crippen molar-refractivity contribution in [3.05, 3.63) is 47.5 Å². The Labute approximate surface area is 82.5 Å². The Morgan fingerprint density at radius 3 is 2.71 bits per heavy atom. The molecule has 74 valence electrons. The van der Waals surface area contributed by atoms with Crippen LogP contribution < -0.4 is 0 Å². The van der Waals surface area contributed by atoms with E-state index in [9.17, 15) is 0 Å². The van der Waals surface area contributed by atoms with Crippen LogP contribution in [-0.4, -0.2) is 11.5 Å². The molecule has 2 rings (SSSR count). The Hall–Kier alpha value is -1.16. The highest BCUT2D eigenvalue weighted by Gasteiger charge is 2.21.